The first-order valence-electron chi connectivity index (χ1n) is 4.31. The van der Waals surface area contributed by atoms with E-state index in [0.717, 1.165) is 12.6 Å². The summed E-state index contributed by atoms with van der Waals surface area (Å²) in [4.78, 5) is 25.6. The van der Waals surface area contributed by atoms with Gasteiger partial charge in [-0.3, -0.25) is 4.79 Å². The minimum atomic E-state index is -0.968. The van der Waals surface area contributed by atoms with Gasteiger partial charge in [-0.05, 0) is 6.07 Å². The Balaban J connectivity index is 2.63. The van der Waals surface area contributed by atoms with Crippen LogP contribution < -0.4 is 4.57 Å². The zero-order valence-electron chi connectivity index (χ0n) is 8.51. The fourth-order valence-electron chi connectivity index (χ4n) is 0.863. The van der Waals surface area contributed by atoms with Gasteiger partial charge in [0, 0.05) is 19.1 Å². The van der Waals surface area contributed by atoms with Gasteiger partial charge in [0.05, 0.1) is 0 Å². The summed E-state index contributed by atoms with van der Waals surface area (Å²) in [5.41, 5.74) is 0.758. The Hall–Kier alpha value is -2.04. The fraction of sp³-hybridized carbons (Fsp3) is 0.200. The van der Waals surface area contributed by atoms with Gasteiger partial charge in [0.1, 0.15) is 13.3 Å². The lowest BCUT2D eigenvalue weighted by atomic mass is 10.4. The minimum Gasteiger partial charge on any atom is -0.309 e. The highest BCUT2D eigenvalue weighted by atomic mass is 16.7. The Morgan fingerprint density at radius 3 is 2.80 bits per heavy atom. The predicted molar refractivity (Wildman–Crippen MR) is 52.0 cm³/mol. The third-order valence-electron chi connectivity index (χ3n) is 1.70. The minimum absolute atomic E-state index is 0.676. The number of ketones is 1. The van der Waals surface area contributed by atoms with E-state index in [1.54, 1.807) is 10.6 Å². The number of oxime groups is 1. The number of carbonyl (C=O) groups excluding carboxylic acids is 2. The number of aryl methyl sites for hydroxylation is 1. The third kappa shape index (κ3) is 3.30. The molecule has 1 aromatic rings. The molecular formula is C10H11N2O3+. The van der Waals surface area contributed by atoms with Gasteiger partial charge >= 0.3 is 5.97 Å². The van der Waals surface area contributed by atoms with Crippen LogP contribution in [0.2, 0.25) is 0 Å². The van der Waals surface area contributed by atoms with E-state index >= 15 is 0 Å². The first-order chi connectivity index (χ1) is 7.11. The smallest absolute Gasteiger partial charge is 0.309 e. The van der Waals surface area contributed by atoms with Gasteiger partial charge in [0.2, 0.25) is 11.5 Å². The fourth-order valence-corrected chi connectivity index (χ4v) is 0.863. The lowest BCUT2D eigenvalue weighted by Gasteiger charge is -1.92. The van der Waals surface area contributed by atoms with Crippen molar-refractivity contribution in [2.75, 3.05) is 0 Å². The summed E-state index contributed by atoms with van der Waals surface area (Å²) in [5.74, 6) is -1.64. The molecule has 0 spiro atoms. The quantitative estimate of drug-likeness (QED) is 0.230. The van der Waals surface area contributed by atoms with Crippen LogP contribution in [-0.4, -0.2) is 18.0 Å². The van der Waals surface area contributed by atoms with Gasteiger partial charge in [0.25, 0.3) is 0 Å². The van der Waals surface area contributed by atoms with Crippen molar-refractivity contribution in [3.63, 3.8) is 0 Å². The number of hydrogen-bond acceptors (Lipinski definition) is 4. The molecule has 0 aliphatic rings. The molecule has 0 unspecified atom stereocenters. The zero-order valence-corrected chi connectivity index (χ0v) is 8.51. The van der Waals surface area contributed by atoms with E-state index in [0.29, 0.717) is 0 Å². The van der Waals surface area contributed by atoms with E-state index < -0.39 is 11.8 Å². The van der Waals surface area contributed by atoms with Crippen molar-refractivity contribution in [2.45, 2.75) is 6.92 Å². The standard InChI is InChI=1S/C10H11N2O3/c1-8(13)10(14)15-11-7-9-5-3-4-6-12(9)2/h3-7H,1-2H3/q+1/b11-7+. The highest BCUT2D eigenvalue weighted by Gasteiger charge is 2.08. The van der Waals surface area contributed by atoms with Crippen LogP contribution >= 0.6 is 0 Å². The summed E-state index contributed by atoms with van der Waals surface area (Å²) in [6, 6.07) is 5.48. The normalized spacial score (nSPS) is 10.3. The summed E-state index contributed by atoms with van der Waals surface area (Å²) in [5, 5.41) is 3.41. The van der Waals surface area contributed by atoms with E-state index in [1.165, 1.54) is 6.21 Å². The van der Waals surface area contributed by atoms with Gasteiger partial charge in [-0.2, -0.15) is 0 Å². The topological polar surface area (TPSA) is 59.6 Å². The van der Waals surface area contributed by atoms with Crippen LogP contribution in [0.1, 0.15) is 12.6 Å². The first-order valence-corrected chi connectivity index (χ1v) is 4.31. The van der Waals surface area contributed by atoms with Crippen LogP contribution in [0.3, 0.4) is 0 Å². The van der Waals surface area contributed by atoms with Crippen molar-refractivity contribution in [3.8, 4) is 0 Å². The molecule has 78 valence electrons. The molecule has 0 amide bonds. The number of carbonyl (C=O) groups is 2. The van der Waals surface area contributed by atoms with E-state index in [-0.39, 0.29) is 0 Å². The Bertz CT molecular complexity index is 413. The molecule has 0 fully saturated rings. The highest BCUT2D eigenvalue weighted by Crippen LogP contribution is 1.87. The SMILES string of the molecule is CC(=O)C(=O)O/N=C/c1cccc[n+]1C. The zero-order chi connectivity index (χ0) is 11.3. The molecule has 0 N–H and O–H groups in total. The second-order valence-corrected chi connectivity index (χ2v) is 2.91. The maximum Gasteiger partial charge on any atom is 0.400 e. The average Bonchev–Trinajstić information content (AvgIpc) is 2.20. The Morgan fingerprint density at radius 2 is 2.20 bits per heavy atom. The molecule has 0 atom stereocenters. The van der Waals surface area contributed by atoms with Crippen molar-refractivity contribution < 1.29 is 19.0 Å². The molecular weight excluding hydrogens is 196 g/mol. The van der Waals surface area contributed by atoms with E-state index in [9.17, 15) is 9.59 Å². The van der Waals surface area contributed by atoms with Gasteiger partial charge < -0.3 is 4.84 Å². The first kappa shape index (κ1) is 11.0. The molecule has 0 aromatic carbocycles. The molecule has 1 aromatic heterocycles. The van der Waals surface area contributed by atoms with Gasteiger partial charge in [0.15, 0.2) is 6.20 Å². The molecule has 0 aliphatic carbocycles. The molecule has 0 saturated carbocycles. The molecule has 1 heterocycles. The van der Waals surface area contributed by atoms with E-state index in [1.807, 2.05) is 25.4 Å². The van der Waals surface area contributed by atoms with Crippen molar-refractivity contribution in [3.05, 3.63) is 30.1 Å². The Morgan fingerprint density at radius 1 is 1.47 bits per heavy atom. The average molecular weight is 207 g/mol. The predicted octanol–water partition coefficient (Wildman–Crippen LogP) is -0.0228. The lowest BCUT2D eigenvalue weighted by molar-refractivity contribution is -0.672. The molecule has 5 nitrogen and oxygen atoms in total. The summed E-state index contributed by atoms with van der Waals surface area (Å²) < 4.78 is 1.80. The van der Waals surface area contributed by atoms with E-state index in [2.05, 4.69) is 9.99 Å². The number of rotatable bonds is 3. The number of nitrogens with zero attached hydrogens (tertiary/aromatic N) is 2. The molecule has 15 heavy (non-hydrogen) atoms. The van der Waals surface area contributed by atoms with Gasteiger partial charge in [-0.25, -0.2) is 9.36 Å². The maximum atomic E-state index is 10.7. The third-order valence-corrected chi connectivity index (χ3v) is 1.70. The number of pyridine rings is 1. The monoisotopic (exact) mass is 207 g/mol. The van der Waals surface area contributed by atoms with Crippen molar-refractivity contribution in [1.82, 2.24) is 0 Å². The van der Waals surface area contributed by atoms with E-state index in [4.69, 9.17) is 0 Å². The summed E-state index contributed by atoms with van der Waals surface area (Å²) in [6.07, 6.45) is 3.19. The number of Topliss-reactive ketones (excluding diaryl/α,β-unsaturated/α-hetero) is 1. The largest absolute Gasteiger partial charge is 0.400 e. The summed E-state index contributed by atoms with van der Waals surface area (Å²) in [7, 11) is 1.83. The van der Waals surface area contributed by atoms with Crippen LogP contribution in [0.4, 0.5) is 0 Å². The molecule has 5 heteroatoms. The number of aromatic nitrogens is 1. The van der Waals surface area contributed by atoms with Crippen molar-refractivity contribution >= 4 is 18.0 Å². The van der Waals surface area contributed by atoms with Crippen LogP contribution in [0.25, 0.3) is 0 Å². The van der Waals surface area contributed by atoms with Crippen molar-refractivity contribution in [1.29, 1.82) is 0 Å². The molecule has 0 bridgehead atoms. The second-order valence-electron chi connectivity index (χ2n) is 2.91. The molecule has 0 aliphatic heterocycles. The summed E-state index contributed by atoms with van der Waals surface area (Å²) in [6.45, 7) is 1.13. The van der Waals surface area contributed by atoms with Crippen LogP contribution in [0.15, 0.2) is 29.6 Å². The molecule has 0 saturated heterocycles. The summed E-state index contributed by atoms with van der Waals surface area (Å²) >= 11 is 0. The Kier molecular flexibility index (Phi) is 3.68. The van der Waals surface area contributed by atoms with Crippen LogP contribution in [0.5, 0.6) is 0 Å². The van der Waals surface area contributed by atoms with Crippen LogP contribution in [0, 0.1) is 0 Å². The highest BCUT2D eigenvalue weighted by molar-refractivity contribution is 6.32. The van der Waals surface area contributed by atoms with Crippen LogP contribution in [-0.2, 0) is 21.5 Å². The molecule has 0 radical (unpaired) electrons. The van der Waals surface area contributed by atoms with Gasteiger partial charge in [-0.1, -0.05) is 5.16 Å². The Labute approximate surface area is 87.0 Å². The maximum absolute atomic E-state index is 10.7. The number of hydrogen-bond donors (Lipinski definition) is 0. The lowest BCUT2D eigenvalue weighted by Crippen LogP contribution is -2.32. The molecule has 1 rings (SSSR count). The van der Waals surface area contributed by atoms with Crippen molar-refractivity contribution in [2.24, 2.45) is 12.2 Å². The second kappa shape index (κ2) is 4.99. The van der Waals surface area contributed by atoms with Gasteiger partial charge in [-0.15, -0.1) is 0 Å².